The van der Waals surface area contributed by atoms with Crippen molar-refractivity contribution in [1.29, 1.82) is 0 Å². The van der Waals surface area contributed by atoms with Crippen LogP contribution in [0.25, 0.3) is 0 Å². The molecular formula is C21H23N. The molecule has 0 aliphatic heterocycles. The summed E-state index contributed by atoms with van der Waals surface area (Å²) < 4.78 is 0. The normalized spacial score (nSPS) is 26.4. The van der Waals surface area contributed by atoms with Crippen molar-refractivity contribution in [3.05, 3.63) is 71.8 Å². The monoisotopic (exact) mass is 289 g/mol. The highest BCUT2D eigenvalue weighted by molar-refractivity contribution is 5.80. The van der Waals surface area contributed by atoms with Crippen molar-refractivity contribution >= 4 is 6.21 Å². The number of rotatable bonds is 3. The van der Waals surface area contributed by atoms with Gasteiger partial charge in [0.25, 0.3) is 0 Å². The Hall–Kier alpha value is -1.89. The Morgan fingerprint density at radius 1 is 0.773 bits per heavy atom. The van der Waals surface area contributed by atoms with Crippen LogP contribution in [0, 0.1) is 5.41 Å². The van der Waals surface area contributed by atoms with Crippen LogP contribution in [0.15, 0.2) is 65.7 Å². The molecule has 112 valence electrons. The van der Waals surface area contributed by atoms with Crippen LogP contribution in [0.2, 0.25) is 0 Å². The van der Waals surface area contributed by atoms with E-state index in [0.29, 0.717) is 5.41 Å². The first-order valence-electron chi connectivity index (χ1n) is 8.51. The predicted molar refractivity (Wildman–Crippen MR) is 92.3 cm³/mol. The van der Waals surface area contributed by atoms with Gasteiger partial charge in [0.1, 0.15) is 0 Å². The molecule has 1 spiro atoms. The summed E-state index contributed by atoms with van der Waals surface area (Å²) in [6, 6.07) is 21.5. The largest absolute Gasteiger partial charge is 0.281 e. The van der Waals surface area contributed by atoms with E-state index >= 15 is 0 Å². The molecule has 2 saturated carbocycles. The van der Waals surface area contributed by atoms with E-state index in [-0.39, 0.29) is 5.54 Å². The van der Waals surface area contributed by atoms with Gasteiger partial charge in [0.2, 0.25) is 0 Å². The zero-order chi connectivity index (χ0) is 14.9. The van der Waals surface area contributed by atoms with Gasteiger partial charge < -0.3 is 0 Å². The first kappa shape index (κ1) is 13.8. The highest BCUT2D eigenvalue weighted by atomic mass is 15.0. The van der Waals surface area contributed by atoms with Gasteiger partial charge in [-0.3, -0.25) is 4.99 Å². The number of hydrogen-bond acceptors (Lipinski definition) is 1. The van der Waals surface area contributed by atoms with E-state index in [4.69, 9.17) is 4.99 Å². The Balaban J connectivity index is 1.70. The SMILES string of the molecule is C(=NC1(c2ccccc2)CC12CCCCC2)c1ccccc1. The van der Waals surface area contributed by atoms with Gasteiger partial charge in [0.15, 0.2) is 0 Å². The van der Waals surface area contributed by atoms with Gasteiger partial charge in [-0.15, -0.1) is 0 Å². The van der Waals surface area contributed by atoms with Gasteiger partial charge >= 0.3 is 0 Å². The Morgan fingerprint density at radius 2 is 1.41 bits per heavy atom. The van der Waals surface area contributed by atoms with Gasteiger partial charge in [0.05, 0.1) is 5.54 Å². The maximum atomic E-state index is 5.16. The summed E-state index contributed by atoms with van der Waals surface area (Å²) in [6.45, 7) is 0. The molecule has 2 aromatic rings. The van der Waals surface area contributed by atoms with Crippen LogP contribution in [0.3, 0.4) is 0 Å². The second kappa shape index (κ2) is 5.39. The molecule has 2 fully saturated rings. The summed E-state index contributed by atoms with van der Waals surface area (Å²) in [5, 5.41) is 0. The molecule has 0 heterocycles. The second-order valence-electron chi connectivity index (χ2n) is 6.91. The van der Waals surface area contributed by atoms with E-state index in [1.165, 1.54) is 49.7 Å². The zero-order valence-electron chi connectivity index (χ0n) is 13.0. The molecule has 1 heteroatoms. The fourth-order valence-corrected chi connectivity index (χ4v) is 4.37. The molecule has 2 aliphatic carbocycles. The molecular weight excluding hydrogens is 266 g/mol. The molecule has 0 saturated heterocycles. The standard InChI is InChI=1S/C21H23N/c1-4-10-18(11-5-1)16-22-21(19-12-6-2-7-13-19)17-20(21)14-8-3-9-15-20/h1-2,4-7,10-13,16H,3,8-9,14-15,17H2. The third kappa shape index (κ3) is 2.20. The fraction of sp³-hybridized carbons (Fsp3) is 0.381. The molecule has 22 heavy (non-hydrogen) atoms. The van der Waals surface area contributed by atoms with Crippen molar-refractivity contribution in [2.45, 2.75) is 44.1 Å². The summed E-state index contributed by atoms with van der Waals surface area (Å²) in [6.07, 6.45) is 10.1. The smallest absolute Gasteiger partial charge is 0.0919 e. The lowest BCUT2D eigenvalue weighted by molar-refractivity contribution is 0.292. The molecule has 1 unspecified atom stereocenters. The molecule has 1 atom stereocenters. The summed E-state index contributed by atoms with van der Waals surface area (Å²) in [5.41, 5.74) is 3.07. The van der Waals surface area contributed by atoms with Gasteiger partial charge in [0, 0.05) is 11.6 Å². The maximum Gasteiger partial charge on any atom is 0.0919 e. The summed E-state index contributed by atoms with van der Waals surface area (Å²) in [7, 11) is 0. The summed E-state index contributed by atoms with van der Waals surface area (Å²) >= 11 is 0. The number of aliphatic imine (C=N–C) groups is 1. The molecule has 4 rings (SSSR count). The fourth-order valence-electron chi connectivity index (χ4n) is 4.37. The van der Waals surface area contributed by atoms with Gasteiger partial charge in [-0.25, -0.2) is 0 Å². The van der Waals surface area contributed by atoms with Crippen molar-refractivity contribution in [1.82, 2.24) is 0 Å². The van der Waals surface area contributed by atoms with Crippen LogP contribution >= 0.6 is 0 Å². The van der Waals surface area contributed by atoms with E-state index in [2.05, 4.69) is 66.9 Å². The molecule has 0 N–H and O–H groups in total. The van der Waals surface area contributed by atoms with Crippen molar-refractivity contribution in [3.8, 4) is 0 Å². The summed E-state index contributed by atoms with van der Waals surface area (Å²) in [5.74, 6) is 0. The number of hydrogen-bond donors (Lipinski definition) is 0. The van der Waals surface area contributed by atoms with E-state index in [0.717, 1.165) is 0 Å². The predicted octanol–water partition coefficient (Wildman–Crippen LogP) is 5.36. The summed E-state index contributed by atoms with van der Waals surface area (Å²) in [4.78, 5) is 5.16. The average molecular weight is 289 g/mol. The second-order valence-corrected chi connectivity index (χ2v) is 6.91. The molecule has 2 aromatic carbocycles. The maximum absolute atomic E-state index is 5.16. The van der Waals surface area contributed by atoms with Gasteiger partial charge in [-0.05, 0) is 30.4 Å². The number of nitrogens with zero attached hydrogens (tertiary/aromatic N) is 1. The quantitative estimate of drug-likeness (QED) is 0.675. The number of benzene rings is 2. The third-order valence-corrected chi connectivity index (χ3v) is 5.64. The Bertz CT molecular complexity index is 653. The first-order chi connectivity index (χ1) is 10.8. The molecule has 0 aromatic heterocycles. The molecule has 0 radical (unpaired) electrons. The van der Waals surface area contributed by atoms with E-state index < -0.39 is 0 Å². The molecule has 0 bridgehead atoms. The van der Waals surface area contributed by atoms with Gasteiger partial charge in [-0.2, -0.15) is 0 Å². The highest BCUT2D eigenvalue weighted by Gasteiger charge is 2.67. The molecule has 2 aliphatic rings. The minimum atomic E-state index is 0.0323. The van der Waals surface area contributed by atoms with E-state index in [1.807, 2.05) is 0 Å². The Labute approximate surface area is 133 Å². The van der Waals surface area contributed by atoms with Crippen molar-refractivity contribution in [3.63, 3.8) is 0 Å². The third-order valence-electron chi connectivity index (χ3n) is 5.64. The zero-order valence-corrected chi connectivity index (χ0v) is 13.0. The van der Waals surface area contributed by atoms with E-state index in [1.54, 1.807) is 0 Å². The van der Waals surface area contributed by atoms with Gasteiger partial charge in [-0.1, -0.05) is 79.9 Å². The first-order valence-corrected chi connectivity index (χ1v) is 8.51. The minimum absolute atomic E-state index is 0.0323. The van der Waals surface area contributed by atoms with Crippen LogP contribution < -0.4 is 0 Å². The van der Waals surface area contributed by atoms with Crippen LogP contribution in [0.4, 0.5) is 0 Å². The van der Waals surface area contributed by atoms with Crippen LogP contribution in [-0.2, 0) is 5.54 Å². The van der Waals surface area contributed by atoms with Crippen LogP contribution in [0.5, 0.6) is 0 Å². The average Bonchev–Trinajstić information content (AvgIpc) is 3.22. The van der Waals surface area contributed by atoms with Crippen molar-refractivity contribution in [2.24, 2.45) is 10.4 Å². The topological polar surface area (TPSA) is 12.4 Å². The lowest BCUT2D eigenvalue weighted by Crippen LogP contribution is -2.20. The van der Waals surface area contributed by atoms with Crippen LogP contribution in [-0.4, -0.2) is 6.21 Å². The lowest BCUT2D eigenvalue weighted by atomic mass is 9.80. The van der Waals surface area contributed by atoms with Crippen molar-refractivity contribution in [2.75, 3.05) is 0 Å². The van der Waals surface area contributed by atoms with Crippen molar-refractivity contribution < 1.29 is 0 Å². The minimum Gasteiger partial charge on any atom is -0.281 e. The Morgan fingerprint density at radius 3 is 2.09 bits per heavy atom. The highest BCUT2D eigenvalue weighted by Crippen LogP contribution is 2.71. The van der Waals surface area contributed by atoms with Crippen LogP contribution in [0.1, 0.15) is 49.7 Å². The van der Waals surface area contributed by atoms with E-state index in [9.17, 15) is 0 Å². The Kier molecular flexibility index (Phi) is 3.37. The molecule has 0 amide bonds. The lowest BCUT2D eigenvalue weighted by Gasteiger charge is -2.27. The molecule has 1 nitrogen and oxygen atoms in total.